The third kappa shape index (κ3) is 5.65. The summed E-state index contributed by atoms with van der Waals surface area (Å²) in [5, 5.41) is 5.23. The van der Waals surface area contributed by atoms with Gasteiger partial charge in [0.2, 0.25) is 11.8 Å². The van der Waals surface area contributed by atoms with Crippen LogP contribution in [0.2, 0.25) is 0 Å². The molecule has 0 aliphatic heterocycles. The smallest absolute Gasteiger partial charge is 0.243 e. The Morgan fingerprint density at radius 2 is 2.05 bits per heavy atom. The minimum absolute atomic E-state index is 0.0118. The molecule has 2 amide bonds. The normalized spacial score (nSPS) is 11.9. The second-order valence-corrected chi connectivity index (χ2v) is 6.02. The Balaban J connectivity index is 2.62. The van der Waals surface area contributed by atoms with Crippen molar-refractivity contribution in [2.45, 2.75) is 26.8 Å². The Labute approximate surface area is 138 Å². The van der Waals surface area contributed by atoms with Crippen molar-refractivity contribution in [1.82, 2.24) is 5.32 Å². The molecule has 0 aromatic heterocycles. The van der Waals surface area contributed by atoms with Gasteiger partial charge >= 0.3 is 0 Å². The highest BCUT2D eigenvalue weighted by Crippen LogP contribution is 2.28. The van der Waals surface area contributed by atoms with Gasteiger partial charge < -0.3 is 21.1 Å². The summed E-state index contributed by atoms with van der Waals surface area (Å²) >= 11 is 3.34. The van der Waals surface area contributed by atoms with Crippen LogP contribution < -0.4 is 21.1 Å². The number of hydrogen-bond donors (Lipinski definition) is 3. The highest BCUT2D eigenvalue weighted by molar-refractivity contribution is 9.10. The second-order valence-electron chi connectivity index (χ2n) is 5.11. The van der Waals surface area contributed by atoms with E-state index in [1.165, 1.54) is 0 Å². The molecule has 0 radical (unpaired) electrons. The van der Waals surface area contributed by atoms with Crippen molar-refractivity contribution < 1.29 is 14.3 Å². The van der Waals surface area contributed by atoms with E-state index >= 15 is 0 Å². The molecule has 122 valence electrons. The van der Waals surface area contributed by atoms with Gasteiger partial charge in [0, 0.05) is 4.47 Å². The third-order valence-electron chi connectivity index (χ3n) is 2.96. The number of carbonyl (C=O) groups excluding carboxylic acids is 2. The summed E-state index contributed by atoms with van der Waals surface area (Å²) in [6.45, 7) is 5.91. The molecule has 1 atom stereocenters. The first-order valence-corrected chi connectivity index (χ1v) is 7.90. The summed E-state index contributed by atoms with van der Waals surface area (Å²) in [7, 11) is 0. The van der Waals surface area contributed by atoms with Crippen LogP contribution in [0.4, 0.5) is 5.69 Å². The van der Waals surface area contributed by atoms with Gasteiger partial charge in [-0.3, -0.25) is 9.59 Å². The minimum Gasteiger partial charge on any atom is -0.492 e. The number of nitrogens with one attached hydrogen (secondary N) is 2. The molecule has 22 heavy (non-hydrogen) atoms. The molecule has 0 saturated carbocycles. The first kappa shape index (κ1) is 18.4. The molecule has 0 aliphatic carbocycles. The standard InChI is InChI=1S/C15H22BrN3O3/c1-4-22-12-6-5-10(16)7-11(12)19-13(20)8-18-15(21)14(17)9(2)3/h5-7,9,14H,4,8,17H2,1-3H3,(H,18,21)(H,19,20)/t14-/m0/s1. The van der Waals surface area contributed by atoms with E-state index in [1.54, 1.807) is 12.1 Å². The zero-order valence-electron chi connectivity index (χ0n) is 13.0. The molecular weight excluding hydrogens is 350 g/mol. The molecule has 1 aromatic rings. The second kappa shape index (κ2) is 8.75. The number of nitrogens with two attached hydrogens (primary N) is 1. The van der Waals surface area contributed by atoms with Crippen molar-refractivity contribution in [3.63, 3.8) is 0 Å². The van der Waals surface area contributed by atoms with Crippen LogP contribution in [0.3, 0.4) is 0 Å². The summed E-state index contributed by atoms with van der Waals surface area (Å²) < 4.78 is 6.26. The monoisotopic (exact) mass is 371 g/mol. The predicted octanol–water partition coefficient (Wildman–Crippen LogP) is 1.89. The van der Waals surface area contributed by atoms with Crippen LogP contribution in [0.15, 0.2) is 22.7 Å². The molecule has 0 aliphatic rings. The van der Waals surface area contributed by atoms with Crippen molar-refractivity contribution >= 4 is 33.4 Å². The minimum atomic E-state index is -0.627. The molecule has 0 saturated heterocycles. The largest absolute Gasteiger partial charge is 0.492 e. The fraction of sp³-hybridized carbons (Fsp3) is 0.467. The zero-order chi connectivity index (χ0) is 16.7. The number of ether oxygens (including phenoxy) is 1. The number of anilines is 1. The van der Waals surface area contributed by atoms with Gasteiger partial charge in [0.15, 0.2) is 0 Å². The number of rotatable bonds is 7. The number of benzene rings is 1. The van der Waals surface area contributed by atoms with Crippen molar-refractivity contribution in [3.8, 4) is 5.75 Å². The van der Waals surface area contributed by atoms with Crippen LogP contribution in [-0.2, 0) is 9.59 Å². The summed E-state index contributed by atoms with van der Waals surface area (Å²) in [5.74, 6) is -0.102. The van der Waals surface area contributed by atoms with Crippen LogP contribution in [0.25, 0.3) is 0 Å². The Kier molecular flexibility index (Phi) is 7.34. The first-order valence-electron chi connectivity index (χ1n) is 7.10. The highest BCUT2D eigenvalue weighted by Gasteiger charge is 2.18. The lowest BCUT2D eigenvalue weighted by atomic mass is 10.1. The number of hydrogen-bond acceptors (Lipinski definition) is 4. The van der Waals surface area contributed by atoms with Crippen molar-refractivity contribution in [1.29, 1.82) is 0 Å². The van der Waals surface area contributed by atoms with E-state index in [-0.39, 0.29) is 24.3 Å². The fourth-order valence-electron chi connectivity index (χ4n) is 1.66. The van der Waals surface area contributed by atoms with Gasteiger partial charge in [-0.05, 0) is 31.0 Å². The Hall–Kier alpha value is -1.60. The molecule has 0 unspecified atom stereocenters. The van der Waals surface area contributed by atoms with E-state index in [2.05, 4.69) is 26.6 Å². The van der Waals surface area contributed by atoms with Crippen LogP contribution in [0.5, 0.6) is 5.75 Å². The van der Waals surface area contributed by atoms with Gasteiger partial charge in [-0.2, -0.15) is 0 Å². The maximum absolute atomic E-state index is 11.9. The lowest BCUT2D eigenvalue weighted by molar-refractivity contribution is -0.125. The van der Waals surface area contributed by atoms with Gasteiger partial charge in [0.25, 0.3) is 0 Å². The van der Waals surface area contributed by atoms with Crippen LogP contribution in [0, 0.1) is 5.92 Å². The summed E-state index contributed by atoms with van der Waals surface area (Å²) in [4.78, 5) is 23.7. The average molecular weight is 372 g/mol. The predicted molar refractivity (Wildman–Crippen MR) is 89.8 cm³/mol. The number of halogens is 1. The van der Waals surface area contributed by atoms with Crippen LogP contribution >= 0.6 is 15.9 Å². The van der Waals surface area contributed by atoms with E-state index in [1.807, 2.05) is 26.8 Å². The molecule has 0 bridgehead atoms. The van der Waals surface area contributed by atoms with Crippen LogP contribution in [0.1, 0.15) is 20.8 Å². The van der Waals surface area contributed by atoms with Gasteiger partial charge in [-0.25, -0.2) is 0 Å². The van der Waals surface area contributed by atoms with Gasteiger partial charge in [0.1, 0.15) is 5.75 Å². The van der Waals surface area contributed by atoms with E-state index < -0.39 is 6.04 Å². The maximum Gasteiger partial charge on any atom is 0.243 e. The fourth-order valence-corrected chi connectivity index (χ4v) is 2.02. The van der Waals surface area contributed by atoms with E-state index in [4.69, 9.17) is 10.5 Å². The average Bonchev–Trinajstić information content (AvgIpc) is 2.46. The Morgan fingerprint density at radius 1 is 1.36 bits per heavy atom. The van der Waals surface area contributed by atoms with Gasteiger partial charge in [-0.15, -0.1) is 0 Å². The molecule has 0 heterocycles. The maximum atomic E-state index is 11.9. The third-order valence-corrected chi connectivity index (χ3v) is 3.45. The van der Waals surface area contributed by atoms with Gasteiger partial charge in [-0.1, -0.05) is 29.8 Å². The van der Waals surface area contributed by atoms with Crippen molar-refractivity contribution in [3.05, 3.63) is 22.7 Å². The van der Waals surface area contributed by atoms with E-state index in [0.717, 1.165) is 4.47 Å². The number of carbonyl (C=O) groups is 2. The lowest BCUT2D eigenvalue weighted by Gasteiger charge is -2.16. The molecule has 4 N–H and O–H groups in total. The Bertz CT molecular complexity index is 535. The molecule has 1 rings (SSSR count). The SMILES string of the molecule is CCOc1ccc(Br)cc1NC(=O)CNC(=O)[C@@H](N)C(C)C. The van der Waals surface area contributed by atoms with Gasteiger partial charge in [0.05, 0.1) is 24.9 Å². The molecule has 6 nitrogen and oxygen atoms in total. The molecule has 0 spiro atoms. The van der Waals surface area contributed by atoms with E-state index in [0.29, 0.717) is 18.0 Å². The topological polar surface area (TPSA) is 93.5 Å². The lowest BCUT2D eigenvalue weighted by Crippen LogP contribution is -2.46. The molecule has 1 aromatic carbocycles. The quantitative estimate of drug-likeness (QED) is 0.681. The van der Waals surface area contributed by atoms with Crippen molar-refractivity contribution in [2.24, 2.45) is 11.7 Å². The number of amides is 2. The summed E-state index contributed by atoms with van der Waals surface area (Å²) in [6.07, 6.45) is 0. The molecule has 7 heteroatoms. The highest BCUT2D eigenvalue weighted by atomic mass is 79.9. The Morgan fingerprint density at radius 3 is 2.64 bits per heavy atom. The van der Waals surface area contributed by atoms with Crippen molar-refractivity contribution in [2.75, 3.05) is 18.5 Å². The first-order chi connectivity index (χ1) is 10.3. The zero-order valence-corrected chi connectivity index (χ0v) is 14.6. The summed E-state index contributed by atoms with van der Waals surface area (Å²) in [5.41, 5.74) is 6.26. The van der Waals surface area contributed by atoms with Crippen LogP contribution in [-0.4, -0.2) is 31.0 Å². The van der Waals surface area contributed by atoms with E-state index in [9.17, 15) is 9.59 Å². The summed E-state index contributed by atoms with van der Waals surface area (Å²) in [6, 6.07) is 4.70. The molecular formula is C15H22BrN3O3. The molecule has 0 fully saturated rings.